The normalized spacial score (nSPS) is 11.7. The van der Waals surface area contributed by atoms with Crippen LogP contribution in [0.15, 0.2) is 47.5 Å². The first-order valence-electron chi connectivity index (χ1n) is 8.49. The Labute approximate surface area is 163 Å². The highest BCUT2D eigenvalue weighted by Gasteiger charge is 2.18. The molecule has 0 aliphatic rings. The van der Waals surface area contributed by atoms with Crippen molar-refractivity contribution in [2.75, 3.05) is 4.72 Å². The Hall–Kier alpha value is -2.94. The summed E-state index contributed by atoms with van der Waals surface area (Å²) in [7, 11) is -3.91. The van der Waals surface area contributed by atoms with Crippen LogP contribution in [0.4, 0.5) is 5.82 Å². The van der Waals surface area contributed by atoms with Gasteiger partial charge in [-0.05, 0) is 57.0 Å². The first kappa shape index (κ1) is 21.4. The summed E-state index contributed by atoms with van der Waals surface area (Å²) in [5, 5.41) is 8.86. The molecule has 0 aliphatic carbocycles. The van der Waals surface area contributed by atoms with Crippen molar-refractivity contribution in [3.8, 4) is 0 Å². The second-order valence-electron chi connectivity index (χ2n) is 7.08. The number of esters is 1. The average Bonchev–Trinajstić information content (AvgIpc) is 2.59. The number of pyridine rings is 1. The zero-order chi connectivity index (χ0) is 20.9. The molecule has 0 saturated heterocycles. The number of hydrogen-bond acceptors (Lipinski definition) is 6. The number of hydrogen-bond donors (Lipinski definition) is 2. The SMILES string of the molecule is CC(C)(C)OC(=O)CCc1cccc(S(=O)(=O)Nc2ccc(C(=O)O)cn2)c1. The lowest BCUT2D eigenvalue weighted by molar-refractivity contribution is -0.154. The number of aromatic nitrogens is 1. The summed E-state index contributed by atoms with van der Waals surface area (Å²) >= 11 is 0. The van der Waals surface area contributed by atoms with Crippen LogP contribution in [0.3, 0.4) is 0 Å². The molecule has 0 atom stereocenters. The van der Waals surface area contributed by atoms with E-state index in [1.165, 1.54) is 24.3 Å². The number of benzene rings is 1. The van der Waals surface area contributed by atoms with E-state index in [0.717, 1.165) is 6.20 Å². The van der Waals surface area contributed by atoms with E-state index in [0.29, 0.717) is 12.0 Å². The lowest BCUT2D eigenvalue weighted by Crippen LogP contribution is -2.24. The minimum Gasteiger partial charge on any atom is -0.478 e. The molecule has 0 fully saturated rings. The molecule has 0 saturated carbocycles. The molecule has 150 valence electrons. The maximum absolute atomic E-state index is 12.5. The third-order valence-corrected chi connectivity index (χ3v) is 4.85. The van der Waals surface area contributed by atoms with Crippen LogP contribution >= 0.6 is 0 Å². The largest absolute Gasteiger partial charge is 0.478 e. The van der Waals surface area contributed by atoms with Gasteiger partial charge in [0.1, 0.15) is 11.4 Å². The van der Waals surface area contributed by atoms with E-state index in [4.69, 9.17) is 9.84 Å². The number of aryl methyl sites for hydroxylation is 1. The van der Waals surface area contributed by atoms with Crippen LogP contribution < -0.4 is 4.72 Å². The molecule has 0 bridgehead atoms. The van der Waals surface area contributed by atoms with E-state index >= 15 is 0 Å². The van der Waals surface area contributed by atoms with Gasteiger partial charge in [-0.1, -0.05) is 12.1 Å². The minimum absolute atomic E-state index is 0.00385. The molecule has 0 spiro atoms. The number of rotatable bonds is 7. The second kappa shape index (κ2) is 8.39. The van der Waals surface area contributed by atoms with Crippen molar-refractivity contribution < 1.29 is 27.9 Å². The number of anilines is 1. The number of carboxylic acid groups (broad SMARTS) is 1. The van der Waals surface area contributed by atoms with Gasteiger partial charge >= 0.3 is 11.9 Å². The number of carbonyl (C=O) groups is 2. The van der Waals surface area contributed by atoms with Gasteiger partial charge in [-0.2, -0.15) is 0 Å². The van der Waals surface area contributed by atoms with Crippen molar-refractivity contribution in [3.63, 3.8) is 0 Å². The fourth-order valence-corrected chi connectivity index (χ4v) is 3.36. The van der Waals surface area contributed by atoms with E-state index in [9.17, 15) is 18.0 Å². The first-order valence-corrected chi connectivity index (χ1v) is 9.97. The van der Waals surface area contributed by atoms with E-state index in [-0.39, 0.29) is 28.7 Å². The smallest absolute Gasteiger partial charge is 0.337 e. The molecule has 0 aliphatic heterocycles. The monoisotopic (exact) mass is 406 g/mol. The maximum atomic E-state index is 12.5. The van der Waals surface area contributed by atoms with Gasteiger partial charge in [0.05, 0.1) is 10.5 Å². The summed E-state index contributed by atoms with van der Waals surface area (Å²) in [5.74, 6) is -1.51. The number of ether oxygens (including phenoxy) is 1. The third kappa shape index (κ3) is 6.34. The van der Waals surface area contributed by atoms with Gasteiger partial charge in [-0.15, -0.1) is 0 Å². The van der Waals surface area contributed by atoms with Crippen LogP contribution in [-0.2, 0) is 26.0 Å². The number of carboxylic acids is 1. The predicted molar refractivity (Wildman–Crippen MR) is 103 cm³/mol. The molecule has 1 heterocycles. The molecule has 0 radical (unpaired) electrons. The van der Waals surface area contributed by atoms with Crippen LogP contribution in [-0.4, -0.2) is 36.0 Å². The molecule has 9 heteroatoms. The third-order valence-electron chi connectivity index (χ3n) is 3.50. The maximum Gasteiger partial charge on any atom is 0.337 e. The minimum atomic E-state index is -3.91. The number of sulfonamides is 1. The molecule has 28 heavy (non-hydrogen) atoms. The molecular weight excluding hydrogens is 384 g/mol. The van der Waals surface area contributed by atoms with Gasteiger partial charge in [0.2, 0.25) is 0 Å². The summed E-state index contributed by atoms with van der Waals surface area (Å²) in [5.41, 5.74) is 0.0463. The summed E-state index contributed by atoms with van der Waals surface area (Å²) in [4.78, 5) is 26.5. The number of carbonyl (C=O) groups excluding carboxylic acids is 1. The molecule has 0 unspecified atom stereocenters. The molecule has 2 aromatic rings. The Balaban J connectivity index is 2.08. The summed E-state index contributed by atoms with van der Waals surface area (Å²) in [6.07, 6.45) is 1.54. The van der Waals surface area contributed by atoms with E-state index in [2.05, 4.69) is 9.71 Å². The van der Waals surface area contributed by atoms with Gasteiger partial charge in [0.25, 0.3) is 10.0 Å². The standard InChI is InChI=1S/C19H22N2O6S/c1-19(2,3)27-17(22)10-7-13-5-4-6-15(11-13)28(25,26)21-16-9-8-14(12-20-16)18(23)24/h4-6,8-9,11-12H,7,10H2,1-3H3,(H,20,21)(H,23,24). The molecule has 1 aromatic carbocycles. The second-order valence-corrected chi connectivity index (χ2v) is 8.76. The lowest BCUT2D eigenvalue weighted by Gasteiger charge is -2.19. The fourth-order valence-electron chi connectivity index (χ4n) is 2.28. The van der Waals surface area contributed by atoms with Gasteiger partial charge in [-0.25, -0.2) is 18.2 Å². The molecule has 2 N–H and O–H groups in total. The van der Waals surface area contributed by atoms with E-state index in [1.807, 2.05) is 0 Å². The topological polar surface area (TPSA) is 123 Å². The van der Waals surface area contributed by atoms with Crippen molar-refractivity contribution in [3.05, 3.63) is 53.7 Å². The van der Waals surface area contributed by atoms with Crippen LogP contribution in [0.1, 0.15) is 43.1 Å². The van der Waals surface area contributed by atoms with Gasteiger partial charge in [0.15, 0.2) is 0 Å². The summed E-state index contributed by atoms with van der Waals surface area (Å²) < 4.78 is 32.6. The molecule has 8 nitrogen and oxygen atoms in total. The Kier molecular flexibility index (Phi) is 6.40. The van der Waals surface area contributed by atoms with Gasteiger partial charge in [0, 0.05) is 12.6 Å². The Morgan fingerprint density at radius 1 is 1.18 bits per heavy atom. The predicted octanol–water partition coefficient (Wildman–Crippen LogP) is 2.85. The fraction of sp³-hybridized carbons (Fsp3) is 0.316. The van der Waals surface area contributed by atoms with Crippen LogP contribution in [0.25, 0.3) is 0 Å². The van der Waals surface area contributed by atoms with E-state index < -0.39 is 21.6 Å². The van der Waals surface area contributed by atoms with Gasteiger partial charge in [-0.3, -0.25) is 9.52 Å². The van der Waals surface area contributed by atoms with Crippen molar-refractivity contribution in [2.45, 2.75) is 44.1 Å². The number of aromatic carboxylic acids is 1. The summed E-state index contributed by atoms with van der Waals surface area (Å²) in [6.45, 7) is 5.34. The van der Waals surface area contributed by atoms with E-state index in [1.54, 1.807) is 32.9 Å². The van der Waals surface area contributed by atoms with Crippen LogP contribution in [0.5, 0.6) is 0 Å². The highest BCUT2D eigenvalue weighted by Crippen LogP contribution is 2.18. The number of nitrogens with zero attached hydrogens (tertiary/aromatic N) is 1. The van der Waals surface area contributed by atoms with Crippen molar-refractivity contribution in [2.24, 2.45) is 0 Å². The zero-order valence-corrected chi connectivity index (χ0v) is 16.6. The van der Waals surface area contributed by atoms with Crippen molar-refractivity contribution in [1.82, 2.24) is 4.98 Å². The van der Waals surface area contributed by atoms with Crippen LogP contribution in [0, 0.1) is 0 Å². The quantitative estimate of drug-likeness (QED) is 0.678. The molecule has 1 aromatic heterocycles. The summed E-state index contributed by atoms with van der Waals surface area (Å²) in [6, 6.07) is 8.73. The Bertz CT molecular complexity index is 963. The first-order chi connectivity index (χ1) is 13.0. The van der Waals surface area contributed by atoms with Crippen molar-refractivity contribution in [1.29, 1.82) is 0 Å². The number of nitrogens with one attached hydrogen (secondary N) is 1. The average molecular weight is 406 g/mol. The molecule has 2 rings (SSSR count). The lowest BCUT2D eigenvalue weighted by atomic mass is 10.1. The Morgan fingerprint density at radius 3 is 2.46 bits per heavy atom. The zero-order valence-electron chi connectivity index (χ0n) is 15.8. The van der Waals surface area contributed by atoms with Crippen molar-refractivity contribution >= 4 is 27.8 Å². The highest BCUT2D eigenvalue weighted by atomic mass is 32.2. The Morgan fingerprint density at radius 2 is 1.89 bits per heavy atom. The molecular formula is C19H22N2O6S. The van der Waals surface area contributed by atoms with Crippen LogP contribution in [0.2, 0.25) is 0 Å². The molecule has 0 amide bonds. The van der Waals surface area contributed by atoms with Gasteiger partial charge < -0.3 is 9.84 Å². The highest BCUT2D eigenvalue weighted by molar-refractivity contribution is 7.92.